The zero-order chi connectivity index (χ0) is 7.15. The van der Waals surface area contributed by atoms with Gasteiger partial charge in [-0.15, -0.1) is 0 Å². The number of rotatable bonds is 0. The molecule has 12 nitrogen and oxygen atoms in total. The van der Waals surface area contributed by atoms with Crippen molar-refractivity contribution in [3.05, 3.63) is 0 Å². The molecule has 0 bridgehead atoms. The van der Waals surface area contributed by atoms with Crippen LogP contribution < -0.4 is 10.2 Å². The van der Waals surface area contributed by atoms with Crippen molar-refractivity contribution in [2.24, 2.45) is 0 Å². The number of hydrogen-bond donors (Lipinski definition) is 0. The van der Waals surface area contributed by atoms with Gasteiger partial charge in [0, 0.05) is 11.9 Å². The zero-order valence-corrected chi connectivity index (χ0v) is 9.94. The van der Waals surface area contributed by atoms with Crippen LogP contribution in [0.2, 0.25) is 0 Å². The molecule has 17 heavy (non-hydrogen) atoms. The summed E-state index contributed by atoms with van der Waals surface area (Å²) in [7, 11) is 0. The molecule has 120 valence electrons. The Morgan fingerprint density at radius 2 is 0.588 bits per heavy atom. The molecule has 13 heteroatoms. The Hall–Kier alpha value is -0.886. The van der Waals surface area contributed by atoms with Crippen molar-refractivity contribution in [1.29, 1.82) is 0 Å². The first kappa shape index (κ1) is 141. The van der Waals surface area contributed by atoms with Crippen LogP contribution in [-0.2, 0) is 26.1 Å². The van der Waals surface area contributed by atoms with Crippen LogP contribution in [0.15, 0.2) is 0 Å². The van der Waals surface area contributed by atoms with E-state index in [2.05, 4.69) is 0 Å². The number of hydrogen-bond acceptors (Lipinski definition) is 4. The molecule has 0 aliphatic rings. The summed E-state index contributed by atoms with van der Waals surface area (Å²) in [4.78, 5) is 17.8. The Morgan fingerprint density at radius 1 is 0.588 bits per heavy atom. The van der Waals surface area contributed by atoms with Crippen molar-refractivity contribution < 1.29 is 80.1 Å². The summed E-state index contributed by atoms with van der Waals surface area (Å²) < 4.78 is 0. The van der Waals surface area contributed by atoms with E-state index in [0.29, 0.717) is 0 Å². The van der Waals surface area contributed by atoms with Crippen LogP contribution in [0.1, 0.15) is 13.8 Å². The second kappa shape index (κ2) is 115. The molecule has 16 N–H and O–H groups in total. The molecule has 0 heterocycles. The Morgan fingerprint density at radius 3 is 0.588 bits per heavy atom. The van der Waals surface area contributed by atoms with Crippen molar-refractivity contribution >= 4 is 11.9 Å². The Labute approximate surface area is 107 Å². The van der Waals surface area contributed by atoms with Gasteiger partial charge in [-0.25, -0.2) is 0 Å². The van der Waals surface area contributed by atoms with Gasteiger partial charge in [-0.05, 0) is 13.8 Å². The summed E-state index contributed by atoms with van der Waals surface area (Å²) in [6, 6.07) is 0. The Bertz CT molecular complexity index is 76.5. The van der Waals surface area contributed by atoms with Crippen LogP contribution in [-0.4, -0.2) is 55.7 Å². The van der Waals surface area contributed by atoms with Gasteiger partial charge in [0.15, 0.2) is 0 Å². The molecule has 0 atom stereocenters. The first-order valence-electron chi connectivity index (χ1n) is 1.82. The molecule has 0 amide bonds. The summed E-state index contributed by atoms with van der Waals surface area (Å²) in [5.41, 5.74) is 0. The van der Waals surface area contributed by atoms with Crippen LogP contribution >= 0.6 is 0 Å². The normalized spacial score (nSPS) is 2.94. The van der Waals surface area contributed by atoms with Gasteiger partial charge < -0.3 is 63.6 Å². The molecule has 0 aromatic heterocycles. The van der Waals surface area contributed by atoms with Gasteiger partial charge in [0.1, 0.15) is 0 Å². The predicted molar refractivity (Wildman–Crippen MR) is 50.3 cm³/mol. The second-order valence-electron chi connectivity index (χ2n) is 0.983. The molecule has 0 radical (unpaired) electrons. The van der Waals surface area contributed by atoms with E-state index < -0.39 is 11.9 Å². The number of carboxylic acids is 2. The molecule has 0 aromatic rings. The van der Waals surface area contributed by atoms with Crippen LogP contribution in [0.3, 0.4) is 0 Å². The summed E-state index contributed by atoms with van der Waals surface area (Å²) in [5.74, 6) is -2.17. The summed E-state index contributed by atoms with van der Waals surface area (Å²) in [6.45, 7) is 1.94. The van der Waals surface area contributed by atoms with Gasteiger partial charge in [-0.3, -0.25) is 0 Å². The third-order valence-electron chi connectivity index (χ3n) is 0. The SMILES string of the molecule is CC(=O)[O-].CC(=O)[O-].O.O.O.O.O.O.O.O.[Ni+2]. The van der Waals surface area contributed by atoms with Crippen LogP contribution in [0.4, 0.5) is 0 Å². The first-order chi connectivity index (χ1) is 3.46. The molecule has 0 unspecified atom stereocenters. The van der Waals surface area contributed by atoms with E-state index in [9.17, 15) is 0 Å². The molecular formula is C4H22NiO12. The molecule has 0 aliphatic heterocycles. The van der Waals surface area contributed by atoms with E-state index in [-0.39, 0.29) is 60.3 Å². The number of carbonyl (C=O) groups is 2. The zero-order valence-electron chi connectivity index (χ0n) is 8.95. The van der Waals surface area contributed by atoms with Gasteiger partial charge in [0.2, 0.25) is 0 Å². The largest absolute Gasteiger partial charge is 2.00 e. The standard InChI is InChI=1S/2C2H4O2.Ni.8H2O/c2*1-2(3)4;;;;;;;;;/h2*1H3,(H,3,4);;8*1H2/q;;+2;;;;;;;;/p-2. The minimum absolute atomic E-state index is 0. The fourth-order valence-corrected chi connectivity index (χ4v) is 0. The molecule has 0 aromatic carbocycles. The quantitative estimate of drug-likeness (QED) is 0.391. The maximum absolute atomic E-state index is 8.89. The van der Waals surface area contributed by atoms with Gasteiger partial charge in [-0.2, -0.15) is 0 Å². The number of carbonyl (C=O) groups excluding carboxylic acids is 2. The monoisotopic (exact) mass is 320 g/mol. The Balaban J connectivity index is -0.00000000308. The number of carboxylic acid groups (broad SMARTS) is 2. The maximum Gasteiger partial charge on any atom is 2.00 e. The minimum atomic E-state index is -1.08. The van der Waals surface area contributed by atoms with Crippen LogP contribution in [0.25, 0.3) is 0 Å². The maximum atomic E-state index is 8.89. The summed E-state index contributed by atoms with van der Waals surface area (Å²) >= 11 is 0. The van der Waals surface area contributed by atoms with Crippen LogP contribution in [0.5, 0.6) is 0 Å². The average Bonchev–Trinajstić information content (AvgIpc) is 1.25. The molecule has 0 rings (SSSR count). The van der Waals surface area contributed by atoms with E-state index in [1.165, 1.54) is 0 Å². The molecule has 0 spiro atoms. The van der Waals surface area contributed by atoms with E-state index in [1.807, 2.05) is 0 Å². The van der Waals surface area contributed by atoms with E-state index >= 15 is 0 Å². The fourth-order valence-electron chi connectivity index (χ4n) is 0. The van der Waals surface area contributed by atoms with E-state index in [0.717, 1.165) is 13.8 Å². The van der Waals surface area contributed by atoms with E-state index in [4.69, 9.17) is 19.8 Å². The molecule has 0 aliphatic carbocycles. The van der Waals surface area contributed by atoms with Gasteiger partial charge in [0.25, 0.3) is 0 Å². The smallest absolute Gasteiger partial charge is 0.550 e. The van der Waals surface area contributed by atoms with Crippen molar-refractivity contribution in [2.75, 3.05) is 0 Å². The molecule has 0 fully saturated rings. The van der Waals surface area contributed by atoms with Gasteiger partial charge in [-0.1, -0.05) is 0 Å². The van der Waals surface area contributed by atoms with Crippen molar-refractivity contribution in [3.63, 3.8) is 0 Å². The number of aliphatic carboxylic acids is 2. The second-order valence-corrected chi connectivity index (χ2v) is 0.983. The predicted octanol–water partition coefficient (Wildman–Crippen LogP) is -9.09. The van der Waals surface area contributed by atoms with Crippen molar-refractivity contribution in [3.8, 4) is 0 Å². The third kappa shape index (κ3) is 3310. The fraction of sp³-hybridized carbons (Fsp3) is 0.500. The van der Waals surface area contributed by atoms with E-state index in [1.54, 1.807) is 0 Å². The molecule has 0 saturated heterocycles. The van der Waals surface area contributed by atoms with Gasteiger partial charge >= 0.3 is 16.5 Å². The molecule has 0 saturated carbocycles. The summed E-state index contributed by atoms with van der Waals surface area (Å²) in [5, 5.41) is 17.8. The average molecular weight is 321 g/mol. The topological polar surface area (TPSA) is 332 Å². The minimum Gasteiger partial charge on any atom is -0.550 e. The van der Waals surface area contributed by atoms with Crippen molar-refractivity contribution in [2.45, 2.75) is 13.8 Å². The first-order valence-corrected chi connectivity index (χ1v) is 1.82. The third-order valence-corrected chi connectivity index (χ3v) is 0. The summed E-state index contributed by atoms with van der Waals surface area (Å²) in [6.07, 6.45) is 0. The molecular weight excluding hydrogens is 299 g/mol. The van der Waals surface area contributed by atoms with Gasteiger partial charge in [0.05, 0.1) is 0 Å². The van der Waals surface area contributed by atoms with Crippen LogP contribution in [0, 0.1) is 0 Å². The Kier molecular flexibility index (Phi) is 953. The van der Waals surface area contributed by atoms with Crippen molar-refractivity contribution in [1.82, 2.24) is 0 Å².